The number of hydrogen-bond donors (Lipinski definition) is 1. The van der Waals surface area contributed by atoms with Crippen molar-refractivity contribution in [2.75, 3.05) is 0 Å². The van der Waals surface area contributed by atoms with Gasteiger partial charge in [0.25, 0.3) is 5.91 Å². The second-order valence-electron chi connectivity index (χ2n) is 7.94. The van der Waals surface area contributed by atoms with Gasteiger partial charge >= 0.3 is 0 Å². The molecule has 1 N–H and O–H groups in total. The van der Waals surface area contributed by atoms with Crippen LogP contribution < -0.4 is 10.1 Å². The third-order valence-corrected chi connectivity index (χ3v) is 3.36. The van der Waals surface area contributed by atoms with Gasteiger partial charge in [-0.15, -0.1) is 0 Å². The van der Waals surface area contributed by atoms with Crippen LogP contribution in [0.15, 0.2) is 24.3 Å². The van der Waals surface area contributed by atoms with Gasteiger partial charge in [0.15, 0.2) is 6.10 Å². The van der Waals surface area contributed by atoms with Crippen molar-refractivity contribution in [3.63, 3.8) is 0 Å². The fourth-order valence-corrected chi connectivity index (χ4v) is 2.96. The zero-order chi connectivity index (χ0) is 17.0. The van der Waals surface area contributed by atoms with Crippen LogP contribution in [0, 0.1) is 12.3 Å². The highest BCUT2D eigenvalue weighted by molar-refractivity contribution is 5.81. The van der Waals surface area contributed by atoms with Crippen LogP contribution in [0.1, 0.15) is 59.9 Å². The number of nitrogens with one attached hydrogen (secondary N) is 1. The average molecular weight is 305 g/mol. The topological polar surface area (TPSA) is 38.3 Å². The Balaban J connectivity index is 2.72. The number of carbonyl (C=O) groups excluding carboxylic acids is 1. The lowest BCUT2D eigenvalue weighted by Gasteiger charge is -2.34. The summed E-state index contributed by atoms with van der Waals surface area (Å²) in [6.45, 7) is 14.7. The van der Waals surface area contributed by atoms with Crippen molar-refractivity contribution in [3.8, 4) is 5.75 Å². The molecule has 0 saturated heterocycles. The van der Waals surface area contributed by atoms with E-state index in [1.807, 2.05) is 38.1 Å². The summed E-state index contributed by atoms with van der Waals surface area (Å²) >= 11 is 0. The fraction of sp³-hybridized carbons (Fsp3) is 0.632. The lowest BCUT2D eigenvalue weighted by Crippen LogP contribution is -2.50. The summed E-state index contributed by atoms with van der Waals surface area (Å²) in [5, 5.41) is 3.13. The van der Waals surface area contributed by atoms with Crippen molar-refractivity contribution < 1.29 is 9.53 Å². The highest BCUT2D eigenvalue weighted by Crippen LogP contribution is 2.27. The van der Waals surface area contributed by atoms with Crippen molar-refractivity contribution in [3.05, 3.63) is 29.8 Å². The zero-order valence-corrected chi connectivity index (χ0v) is 15.1. The average Bonchev–Trinajstić information content (AvgIpc) is 2.32. The van der Waals surface area contributed by atoms with Crippen molar-refractivity contribution in [1.82, 2.24) is 5.32 Å². The minimum atomic E-state index is -0.457. The molecular weight excluding hydrogens is 274 g/mol. The van der Waals surface area contributed by atoms with Gasteiger partial charge in [-0.1, -0.05) is 39.8 Å². The predicted octanol–water partition coefficient (Wildman–Crippen LogP) is 4.48. The van der Waals surface area contributed by atoms with Crippen molar-refractivity contribution in [2.45, 2.75) is 73.0 Å². The predicted molar refractivity (Wildman–Crippen MR) is 92.2 cm³/mol. The minimum absolute atomic E-state index is 0.0433. The maximum absolute atomic E-state index is 12.5. The van der Waals surface area contributed by atoms with E-state index in [1.165, 1.54) is 0 Å². The first kappa shape index (κ1) is 18.5. The molecule has 0 saturated carbocycles. The van der Waals surface area contributed by atoms with Crippen LogP contribution in [-0.2, 0) is 4.79 Å². The Labute approximate surface area is 135 Å². The molecule has 3 heteroatoms. The Bertz CT molecular complexity index is 500. The Morgan fingerprint density at radius 2 is 1.86 bits per heavy atom. The first-order valence-electron chi connectivity index (χ1n) is 8.08. The third kappa shape index (κ3) is 6.50. The molecule has 3 nitrogen and oxygen atoms in total. The lowest BCUT2D eigenvalue weighted by atomic mass is 9.81. The van der Waals surface area contributed by atoms with Crippen LogP contribution >= 0.6 is 0 Å². The van der Waals surface area contributed by atoms with Crippen LogP contribution in [-0.4, -0.2) is 17.6 Å². The molecule has 0 aliphatic rings. The number of hydrogen-bond acceptors (Lipinski definition) is 2. The van der Waals surface area contributed by atoms with Gasteiger partial charge in [0.2, 0.25) is 0 Å². The van der Waals surface area contributed by atoms with Gasteiger partial charge in [-0.2, -0.15) is 0 Å². The zero-order valence-electron chi connectivity index (χ0n) is 15.1. The quantitative estimate of drug-likeness (QED) is 0.841. The van der Waals surface area contributed by atoms with Crippen molar-refractivity contribution >= 4 is 5.91 Å². The normalized spacial score (nSPS) is 13.6. The van der Waals surface area contributed by atoms with Gasteiger partial charge in [-0.3, -0.25) is 4.79 Å². The second-order valence-corrected chi connectivity index (χ2v) is 7.94. The molecule has 0 aliphatic heterocycles. The molecule has 1 aromatic carbocycles. The Hall–Kier alpha value is -1.51. The summed E-state index contributed by atoms with van der Waals surface area (Å²) in [6.07, 6.45) is 1.10. The Morgan fingerprint density at radius 1 is 1.23 bits per heavy atom. The van der Waals surface area contributed by atoms with Crippen LogP contribution in [0.4, 0.5) is 0 Å². The summed E-state index contributed by atoms with van der Waals surface area (Å²) in [7, 11) is 0. The number of ether oxygens (including phenoxy) is 1. The second kappa shape index (κ2) is 7.17. The number of amides is 1. The molecule has 1 atom stereocenters. The minimum Gasteiger partial charge on any atom is -0.481 e. The first-order valence-corrected chi connectivity index (χ1v) is 8.08. The summed E-state index contributed by atoms with van der Waals surface area (Å²) in [4.78, 5) is 12.5. The molecule has 0 spiro atoms. The lowest BCUT2D eigenvalue weighted by molar-refractivity contribution is -0.130. The van der Waals surface area contributed by atoms with E-state index in [2.05, 4.69) is 39.9 Å². The molecule has 1 amide bonds. The monoisotopic (exact) mass is 305 g/mol. The largest absolute Gasteiger partial charge is 0.481 e. The molecule has 0 aromatic heterocycles. The summed E-state index contributed by atoms with van der Waals surface area (Å²) in [6, 6.07) is 7.80. The SMILES string of the molecule is CC[C@H](Oc1cccc(C)c1)C(=O)NC(C)(C)CC(C)(C)C. The highest BCUT2D eigenvalue weighted by Gasteiger charge is 2.30. The summed E-state index contributed by atoms with van der Waals surface area (Å²) < 4.78 is 5.87. The molecule has 0 radical (unpaired) electrons. The van der Waals surface area contributed by atoms with Crippen LogP contribution in [0.5, 0.6) is 5.75 Å². The molecule has 0 unspecified atom stereocenters. The molecule has 22 heavy (non-hydrogen) atoms. The van der Waals surface area contributed by atoms with E-state index in [1.54, 1.807) is 0 Å². The van der Waals surface area contributed by atoms with Crippen LogP contribution in [0.25, 0.3) is 0 Å². The number of aryl methyl sites for hydroxylation is 1. The third-order valence-electron chi connectivity index (χ3n) is 3.36. The number of rotatable bonds is 6. The van der Waals surface area contributed by atoms with E-state index in [0.717, 1.165) is 17.7 Å². The molecule has 0 bridgehead atoms. The smallest absolute Gasteiger partial charge is 0.261 e. The molecular formula is C19H31NO2. The van der Waals surface area contributed by atoms with Crippen molar-refractivity contribution in [1.29, 1.82) is 0 Å². The molecule has 124 valence electrons. The van der Waals surface area contributed by atoms with Crippen LogP contribution in [0.2, 0.25) is 0 Å². The van der Waals surface area contributed by atoms with Gasteiger partial charge in [0.05, 0.1) is 0 Å². The van der Waals surface area contributed by atoms with Gasteiger partial charge in [0, 0.05) is 5.54 Å². The molecule has 0 fully saturated rings. The van der Waals surface area contributed by atoms with E-state index >= 15 is 0 Å². The van der Waals surface area contributed by atoms with E-state index < -0.39 is 6.10 Å². The fourth-order valence-electron chi connectivity index (χ4n) is 2.96. The standard InChI is InChI=1S/C19H31NO2/c1-8-16(22-15-11-9-10-14(2)12-15)17(21)20-19(6,7)13-18(3,4)5/h9-12,16H,8,13H2,1-7H3,(H,20,21)/t16-/m0/s1. The van der Waals surface area contributed by atoms with E-state index in [-0.39, 0.29) is 16.9 Å². The van der Waals surface area contributed by atoms with Gasteiger partial charge in [-0.05, 0) is 56.7 Å². The van der Waals surface area contributed by atoms with E-state index in [4.69, 9.17) is 4.74 Å². The van der Waals surface area contributed by atoms with E-state index in [0.29, 0.717) is 6.42 Å². The Morgan fingerprint density at radius 3 is 2.36 bits per heavy atom. The van der Waals surface area contributed by atoms with Crippen molar-refractivity contribution in [2.24, 2.45) is 5.41 Å². The Kier molecular flexibility index (Phi) is 6.04. The van der Waals surface area contributed by atoms with Gasteiger partial charge in [-0.25, -0.2) is 0 Å². The first-order chi connectivity index (χ1) is 10.0. The maximum Gasteiger partial charge on any atom is 0.261 e. The highest BCUT2D eigenvalue weighted by atomic mass is 16.5. The maximum atomic E-state index is 12.5. The molecule has 0 aliphatic carbocycles. The van der Waals surface area contributed by atoms with E-state index in [9.17, 15) is 4.79 Å². The molecule has 0 heterocycles. The number of benzene rings is 1. The summed E-state index contributed by atoms with van der Waals surface area (Å²) in [5.74, 6) is 0.703. The molecule has 1 rings (SSSR count). The van der Waals surface area contributed by atoms with Gasteiger partial charge in [0.1, 0.15) is 5.75 Å². The van der Waals surface area contributed by atoms with Gasteiger partial charge < -0.3 is 10.1 Å². The number of carbonyl (C=O) groups is 1. The summed E-state index contributed by atoms with van der Waals surface area (Å²) in [5.41, 5.74) is 1.04. The molecule has 1 aromatic rings. The van der Waals surface area contributed by atoms with Crippen LogP contribution in [0.3, 0.4) is 0 Å².